The Morgan fingerprint density at radius 3 is 2.72 bits per heavy atom. The van der Waals surface area contributed by atoms with Crippen LogP contribution in [0.1, 0.15) is 33.1 Å². The summed E-state index contributed by atoms with van der Waals surface area (Å²) in [4.78, 5) is 36.3. The summed E-state index contributed by atoms with van der Waals surface area (Å²) in [6, 6.07) is -0.497. The molecule has 0 bridgehead atoms. The smallest absolute Gasteiger partial charge is 0.326 e. The minimum Gasteiger partial charge on any atom is -0.464 e. The average molecular weight is 254 g/mol. The van der Waals surface area contributed by atoms with E-state index in [0.717, 1.165) is 17.7 Å². The SMILES string of the molecule is CCCOC(=O)CN1C(=O)N[C@](C)(C2CC2)C1=O. The van der Waals surface area contributed by atoms with Gasteiger partial charge in [-0.2, -0.15) is 0 Å². The first-order valence-electron chi connectivity index (χ1n) is 6.28. The van der Waals surface area contributed by atoms with Gasteiger partial charge in [0.1, 0.15) is 12.1 Å². The molecule has 0 aromatic heterocycles. The van der Waals surface area contributed by atoms with Gasteiger partial charge in [0.05, 0.1) is 6.61 Å². The van der Waals surface area contributed by atoms with Crippen LogP contribution in [0.4, 0.5) is 4.79 Å². The molecule has 100 valence electrons. The molecule has 0 unspecified atom stereocenters. The molecular formula is C12H18N2O4. The molecule has 18 heavy (non-hydrogen) atoms. The van der Waals surface area contributed by atoms with Gasteiger partial charge in [-0.15, -0.1) is 0 Å². The van der Waals surface area contributed by atoms with Gasteiger partial charge >= 0.3 is 12.0 Å². The highest BCUT2D eigenvalue weighted by atomic mass is 16.5. The zero-order valence-electron chi connectivity index (χ0n) is 10.7. The monoisotopic (exact) mass is 254 g/mol. The highest BCUT2D eigenvalue weighted by Gasteiger charge is 2.56. The van der Waals surface area contributed by atoms with E-state index in [4.69, 9.17) is 4.74 Å². The molecule has 0 radical (unpaired) electrons. The van der Waals surface area contributed by atoms with Gasteiger partial charge in [-0.25, -0.2) is 4.79 Å². The maximum atomic E-state index is 12.2. The summed E-state index contributed by atoms with van der Waals surface area (Å²) >= 11 is 0. The van der Waals surface area contributed by atoms with Crippen LogP contribution in [0.15, 0.2) is 0 Å². The molecule has 0 spiro atoms. The summed E-state index contributed by atoms with van der Waals surface area (Å²) in [6.07, 6.45) is 2.60. The molecule has 1 N–H and O–H groups in total. The highest BCUT2D eigenvalue weighted by molar-refractivity contribution is 6.08. The second-order valence-electron chi connectivity index (χ2n) is 5.02. The Morgan fingerprint density at radius 2 is 2.17 bits per heavy atom. The third-order valence-electron chi connectivity index (χ3n) is 3.45. The molecule has 1 aliphatic heterocycles. The first kappa shape index (κ1) is 12.9. The third kappa shape index (κ3) is 2.19. The van der Waals surface area contributed by atoms with Crippen molar-refractivity contribution in [1.82, 2.24) is 10.2 Å². The summed E-state index contributed by atoms with van der Waals surface area (Å²) in [7, 11) is 0. The van der Waals surface area contributed by atoms with Crippen LogP contribution in [0.25, 0.3) is 0 Å². The summed E-state index contributed by atoms with van der Waals surface area (Å²) in [5.74, 6) is -0.658. The van der Waals surface area contributed by atoms with Crippen molar-refractivity contribution >= 4 is 17.9 Å². The zero-order chi connectivity index (χ0) is 13.3. The van der Waals surface area contributed by atoms with Crippen molar-refractivity contribution in [2.45, 2.75) is 38.6 Å². The average Bonchev–Trinajstić information content (AvgIpc) is 3.13. The van der Waals surface area contributed by atoms with Crippen molar-refractivity contribution < 1.29 is 19.1 Å². The minimum atomic E-state index is -0.831. The second-order valence-corrected chi connectivity index (χ2v) is 5.02. The Morgan fingerprint density at radius 1 is 1.50 bits per heavy atom. The molecule has 2 rings (SSSR count). The normalized spacial score (nSPS) is 27.3. The summed E-state index contributed by atoms with van der Waals surface area (Å²) in [5.41, 5.74) is -0.831. The van der Waals surface area contributed by atoms with Crippen LogP contribution in [0.3, 0.4) is 0 Å². The number of imide groups is 1. The van der Waals surface area contributed by atoms with E-state index in [-0.39, 0.29) is 18.4 Å². The van der Waals surface area contributed by atoms with Gasteiger partial charge in [0, 0.05) is 0 Å². The van der Waals surface area contributed by atoms with Crippen molar-refractivity contribution in [1.29, 1.82) is 0 Å². The first-order valence-corrected chi connectivity index (χ1v) is 6.28. The number of amides is 3. The van der Waals surface area contributed by atoms with Crippen molar-refractivity contribution in [3.8, 4) is 0 Å². The summed E-state index contributed by atoms with van der Waals surface area (Å²) in [5, 5.41) is 2.68. The largest absolute Gasteiger partial charge is 0.464 e. The maximum absolute atomic E-state index is 12.2. The molecule has 3 amide bonds. The molecule has 0 aromatic rings. The van der Waals surface area contributed by atoms with Gasteiger partial charge in [0.25, 0.3) is 5.91 Å². The van der Waals surface area contributed by atoms with Crippen LogP contribution >= 0.6 is 0 Å². The molecule has 2 aliphatic rings. The van der Waals surface area contributed by atoms with Gasteiger partial charge in [-0.3, -0.25) is 14.5 Å². The van der Waals surface area contributed by atoms with Gasteiger partial charge < -0.3 is 10.1 Å². The van der Waals surface area contributed by atoms with Crippen molar-refractivity contribution in [3.63, 3.8) is 0 Å². The molecular weight excluding hydrogens is 236 g/mol. The Bertz CT molecular complexity index is 392. The number of nitrogens with one attached hydrogen (secondary N) is 1. The first-order chi connectivity index (χ1) is 8.49. The predicted octanol–water partition coefficient (Wildman–Crippen LogP) is 0.660. The summed E-state index contributed by atoms with van der Waals surface area (Å²) < 4.78 is 4.88. The quantitative estimate of drug-likeness (QED) is 0.577. The van der Waals surface area contributed by atoms with E-state index in [1.165, 1.54) is 0 Å². The Balaban J connectivity index is 1.99. The van der Waals surface area contributed by atoms with E-state index in [1.54, 1.807) is 6.92 Å². The molecule has 1 saturated heterocycles. The topological polar surface area (TPSA) is 75.7 Å². The van der Waals surface area contributed by atoms with Gasteiger partial charge in [0.2, 0.25) is 0 Å². The molecule has 6 nitrogen and oxygen atoms in total. The Labute approximate surface area is 106 Å². The molecule has 2 fully saturated rings. The lowest BCUT2D eigenvalue weighted by Gasteiger charge is -2.20. The number of esters is 1. The lowest BCUT2D eigenvalue weighted by molar-refractivity contribution is -0.147. The third-order valence-corrected chi connectivity index (χ3v) is 3.45. The molecule has 1 aliphatic carbocycles. The molecule has 1 atom stereocenters. The number of carbonyl (C=O) groups is 3. The van der Waals surface area contributed by atoms with Gasteiger partial charge in [0.15, 0.2) is 0 Å². The van der Waals surface area contributed by atoms with Crippen LogP contribution < -0.4 is 5.32 Å². The standard InChI is InChI=1S/C12H18N2O4/c1-3-6-18-9(15)7-14-10(16)12(2,8-4-5-8)13-11(14)17/h8H,3-7H2,1-2H3,(H,13,17)/t12-/m1/s1. The number of hydrogen-bond donors (Lipinski definition) is 1. The maximum Gasteiger partial charge on any atom is 0.326 e. The Hall–Kier alpha value is -1.59. The fraction of sp³-hybridized carbons (Fsp3) is 0.750. The van der Waals surface area contributed by atoms with E-state index in [9.17, 15) is 14.4 Å². The number of hydrogen-bond acceptors (Lipinski definition) is 4. The number of urea groups is 1. The lowest BCUT2D eigenvalue weighted by atomic mass is 9.96. The van der Waals surface area contributed by atoms with Crippen LogP contribution in [0.2, 0.25) is 0 Å². The summed E-state index contributed by atoms with van der Waals surface area (Å²) in [6.45, 7) is 3.61. The van der Waals surface area contributed by atoms with E-state index in [0.29, 0.717) is 13.0 Å². The fourth-order valence-corrected chi connectivity index (χ4v) is 2.19. The fourth-order valence-electron chi connectivity index (χ4n) is 2.19. The van der Waals surface area contributed by atoms with Crippen LogP contribution in [-0.4, -0.2) is 41.5 Å². The van der Waals surface area contributed by atoms with E-state index >= 15 is 0 Å². The number of rotatable bonds is 5. The second kappa shape index (κ2) is 4.59. The van der Waals surface area contributed by atoms with E-state index in [1.807, 2.05) is 6.92 Å². The minimum absolute atomic E-state index is 0.200. The van der Waals surface area contributed by atoms with Gasteiger partial charge in [-0.1, -0.05) is 6.92 Å². The van der Waals surface area contributed by atoms with Crippen molar-refractivity contribution in [2.75, 3.05) is 13.2 Å². The molecule has 0 aromatic carbocycles. The zero-order valence-corrected chi connectivity index (χ0v) is 10.7. The van der Waals surface area contributed by atoms with Crippen molar-refractivity contribution in [2.24, 2.45) is 5.92 Å². The van der Waals surface area contributed by atoms with E-state index in [2.05, 4.69) is 5.32 Å². The van der Waals surface area contributed by atoms with Crippen LogP contribution in [0, 0.1) is 5.92 Å². The van der Waals surface area contributed by atoms with Crippen LogP contribution in [0.5, 0.6) is 0 Å². The molecule has 6 heteroatoms. The van der Waals surface area contributed by atoms with Crippen LogP contribution in [-0.2, 0) is 14.3 Å². The number of nitrogens with zero attached hydrogens (tertiary/aromatic N) is 1. The number of ether oxygens (including phenoxy) is 1. The number of carbonyl (C=O) groups excluding carboxylic acids is 3. The van der Waals surface area contributed by atoms with Gasteiger partial charge in [-0.05, 0) is 32.1 Å². The van der Waals surface area contributed by atoms with E-state index < -0.39 is 17.5 Å². The lowest BCUT2D eigenvalue weighted by Crippen LogP contribution is -2.46. The predicted molar refractivity (Wildman–Crippen MR) is 62.6 cm³/mol. The molecule has 1 saturated carbocycles. The Kier molecular flexibility index (Phi) is 3.28. The highest BCUT2D eigenvalue weighted by Crippen LogP contribution is 2.42. The molecule has 1 heterocycles. The van der Waals surface area contributed by atoms with Crippen molar-refractivity contribution in [3.05, 3.63) is 0 Å².